The van der Waals surface area contributed by atoms with Crippen LogP contribution >= 0.6 is 0 Å². The number of nitrogens with zero attached hydrogens (tertiary/aromatic N) is 1. The van der Waals surface area contributed by atoms with Crippen molar-refractivity contribution in [3.05, 3.63) is 54.4 Å². The minimum Gasteiger partial charge on any atom is -0.497 e. The predicted molar refractivity (Wildman–Crippen MR) is 84.7 cm³/mol. The van der Waals surface area contributed by atoms with Crippen LogP contribution in [0.2, 0.25) is 0 Å². The van der Waals surface area contributed by atoms with Crippen LogP contribution in [0.3, 0.4) is 0 Å². The third kappa shape index (κ3) is 4.36. The fourth-order valence-electron chi connectivity index (χ4n) is 2.24. The third-order valence-corrected chi connectivity index (χ3v) is 3.61. The Hall–Kier alpha value is -2.27. The lowest BCUT2D eigenvalue weighted by Gasteiger charge is -2.16. The molecule has 22 heavy (non-hydrogen) atoms. The summed E-state index contributed by atoms with van der Waals surface area (Å²) in [6, 6.07) is 11.1. The van der Waals surface area contributed by atoms with Crippen molar-refractivity contribution in [3.63, 3.8) is 0 Å². The maximum atomic E-state index is 11.9. The molecule has 0 radical (unpaired) electrons. The summed E-state index contributed by atoms with van der Waals surface area (Å²) in [7, 11) is 1.59. The Morgan fingerprint density at radius 1 is 1.27 bits per heavy atom. The Labute approximate surface area is 130 Å². The molecule has 1 amide bonds. The average molecular weight is 302 g/mol. The van der Waals surface area contributed by atoms with Gasteiger partial charge in [-0.05, 0) is 36.8 Å². The number of ether oxygens (including phenoxy) is 1. The van der Waals surface area contributed by atoms with Crippen molar-refractivity contribution >= 4 is 5.91 Å². The summed E-state index contributed by atoms with van der Waals surface area (Å²) < 4.78 is 7.06. The molecule has 2 N–H and O–H groups in total. The monoisotopic (exact) mass is 302 g/mol. The molecule has 1 heterocycles. The van der Waals surface area contributed by atoms with Crippen molar-refractivity contribution in [3.8, 4) is 5.75 Å². The molecule has 0 aliphatic rings. The number of aliphatic hydroxyl groups excluding tert-OH is 1. The Balaban J connectivity index is 1.79. The second-order valence-corrected chi connectivity index (χ2v) is 5.28. The first kappa shape index (κ1) is 16.1. The zero-order valence-electron chi connectivity index (χ0n) is 12.9. The fraction of sp³-hybridized carbons (Fsp3) is 0.353. The lowest BCUT2D eigenvalue weighted by molar-refractivity contribution is -0.122. The average Bonchev–Trinajstić information content (AvgIpc) is 3.07. The summed E-state index contributed by atoms with van der Waals surface area (Å²) in [5.74, 6) is 0.661. The molecule has 0 saturated heterocycles. The zero-order valence-corrected chi connectivity index (χ0v) is 12.9. The van der Waals surface area contributed by atoms with Crippen LogP contribution < -0.4 is 10.1 Å². The van der Waals surface area contributed by atoms with Crippen molar-refractivity contribution in [2.45, 2.75) is 25.5 Å². The van der Waals surface area contributed by atoms with Gasteiger partial charge in [-0.2, -0.15) is 0 Å². The minimum absolute atomic E-state index is 0.0752. The van der Waals surface area contributed by atoms with Gasteiger partial charge in [-0.25, -0.2) is 0 Å². The molecule has 2 rings (SSSR count). The number of rotatable bonds is 7. The van der Waals surface area contributed by atoms with Crippen LogP contribution in [0.15, 0.2) is 48.8 Å². The van der Waals surface area contributed by atoms with E-state index in [0.717, 1.165) is 11.3 Å². The molecule has 2 aromatic rings. The van der Waals surface area contributed by atoms with E-state index in [1.165, 1.54) is 0 Å². The normalized spacial score (nSPS) is 13.4. The van der Waals surface area contributed by atoms with E-state index < -0.39 is 6.10 Å². The van der Waals surface area contributed by atoms with Crippen LogP contribution in [0.4, 0.5) is 0 Å². The van der Waals surface area contributed by atoms with Crippen LogP contribution in [0.1, 0.15) is 31.1 Å². The number of carbonyl (C=O) groups is 1. The molecule has 118 valence electrons. The van der Waals surface area contributed by atoms with Crippen molar-refractivity contribution in [2.24, 2.45) is 0 Å². The summed E-state index contributed by atoms with van der Waals surface area (Å²) >= 11 is 0. The van der Waals surface area contributed by atoms with Crippen LogP contribution in [0, 0.1) is 0 Å². The highest BCUT2D eigenvalue weighted by Crippen LogP contribution is 2.17. The highest BCUT2D eigenvalue weighted by molar-refractivity contribution is 5.76. The maximum Gasteiger partial charge on any atom is 0.222 e. The molecular formula is C17H22N2O3. The molecule has 5 nitrogen and oxygen atoms in total. The van der Waals surface area contributed by atoms with E-state index in [-0.39, 0.29) is 18.5 Å². The lowest BCUT2D eigenvalue weighted by atomic mass is 10.1. The fourth-order valence-corrected chi connectivity index (χ4v) is 2.24. The number of carbonyl (C=O) groups excluding carboxylic acids is 1. The predicted octanol–water partition coefficient (Wildman–Crippen LogP) is 2.30. The highest BCUT2D eigenvalue weighted by Gasteiger charge is 2.13. The van der Waals surface area contributed by atoms with Gasteiger partial charge < -0.3 is 19.7 Å². The van der Waals surface area contributed by atoms with Crippen LogP contribution in [0.5, 0.6) is 5.75 Å². The first-order valence-electron chi connectivity index (χ1n) is 7.31. The van der Waals surface area contributed by atoms with Gasteiger partial charge in [-0.15, -0.1) is 0 Å². The van der Waals surface area contributed by atoms with Gasteiger partial charge in [0.1, 0.15) is 5.75 Å². The molecule has 0 aliphatic carbocycles. The number of benzene rings is 1. The molecule has 0 saturated carbocycles. The minimum atomic E-state index is -0.725. The van der Waals surface area contributed by atoms with Crippen LogP contribution in [-0.2, 0) is 4.79 Å². The quantitative estimate of drug-likeness (QED) is 0.825. The Morgan fingerprint density at radius 3 is 2.50 bits per heavy atom. The molecule has 0 unspecified atom stereocenters. The van der Waals surface area contributed by atoms with Gasteiger partial charge in [0.15, 0.2) is 0 Å². The summed E-state index contributed by atoms with van der Waals surface area (Å²) in [4.78, 5) is 11.9. The molecule has 2 atom stereocenters. The Morgan fingerprint density at radius 2 is 1.91 bits per heavy atom. The summed E-state index contributed by atoms with van der Waals surface area (Å²) in [6.07, 6.45) is 3.52. The van der Waals surface area contributed by atoms with Gasteiger partial charge in [0.2, 0.25) is 5.91 Å². The first-order valence-corrected chi connectivity index (χ1v) is 7.31. The first-order chi connectivity index (χ1) is 10.6. The molecule has 5 heteroatoms. The van der Waals surface area contributed by atoms with E-state index in [0.29, 0.717) is 6.42 Å². The van der Waals surface area contributed by atoms with E-state index in [1.54, 1.807) is 31.4 Å². The van der Waals surface area contributed by atoms with Crippen molar-refractivity contribution in [2.75, 3.05) is 13.7 Å². The van der Waals surface area contributed by atoms with E-state index in [9.17, 15) is 9.90 Å². The van der Waals surface area contributed by atoms with Crippen molar-refractivity contribution in [1.29, 1.82) is 0 Å². The molecule has 0 spiro atoms. The standard InChI is InChI=1S/C17H22N2O3/c1-13(19-9-3-4-10-19)11-17(21)18-12-16(20)14-5-7-15(22-2)8-6-14/h3-10,13,16,20H,11-12H2,1-2H3,(H,18,21)/t13-,16+/m1/s1. The van der Waals surface area contributed by atoms with Gasteiger partial charge in [-0.3, -0.25) is 4.79 Å². The number of methoxy groups -OCH3 is 1. The molecule has 0 bridgehead atoms. The smallest absolute Gasteiger partial charge is 0.222 e. The maximum absolute atomic E-state index is 11.9. The largest absolute Gasteiger partial charge is 0.497 e. The number of hydrogen-bond donors (Lipinski definition) is 2. The van der Waals surface area contributed by atoms with Crippen LogP contribution in [0.25, 0.3) is 0 Å². The van der Waals surface area contributed by atoms with Gasteiger partial charge >= 0.3 is 0 Å². The van der Waals surface area contributed by atoms with Gasteiger partial charge in [0, 0.05) is 31.4 Å². The second-order valence-electron chi connectivity index (χ2n) is 5.28. The molecular weight excluding hydrogens is 280 g/mol. The number of aliphatic hydroxyl groups is 1. The zero-order chi connectivity index (χ0) is 15.9. The topological polar surface area (TPSA) is 63.5 Å². The molecule has 0 fully saturated rings. The van der Waals surface area contributed by atoms with E-state index >= 15 is 0 Å². The van der Waals surface area contributed by atoms with Crippen molar-refractivity contribution in [1.82, 2.24) is 9.88 Å². The van der Waals surface area contributed by atoms with Crippen molar-refractivity contribution < 1.29 is 14.6 Å². The highest BCUT2D eigenvalue weighted by atomic mass is 16.5. The summed E-state index contributed by atoms with van der Waals surface area (Å²) in [6.45, 7) is 2.18. The van der Waals surface area contributed by atoms with E-state index in [2.05, 4.69) is 5.32 Å². The Bertz CT molecular complexity index is 578. The lowest BCUT2D eigenvalue weighted by Crippen LogP contribution is -2.29. The number of hydrogen-bond acceptors (Lipinski definition) is 3. The third-order valence-electron chi connectivity index (χ3n) is 3.61. The van der Waals surface area contributed by atoms with Crippen LogP contribution in [-0.4, -0.2) is 29.2 Å². The van der Waals surface area contributed by atoms with E-state index in [4.69, 9.17) is 4.74 Å². The number of nitrogens with one attached hydrogen (secondary N) is 1. The Kier molecular flexibility index (Phi) is 5.61. The number of amides is 1. The van der Waals surface area contributed by atoms with Gasteiger partial charge in [0.05, 0.1) is 13.2 Å². The van der Waals surface area contributed by atoms with Gasteiger partial charge in [-0.1, -0.05) is 12.1 Å². The molecule has 1 aromatic heterocycles. The summed E-state index contributed by atoms with van der Waals surface area (Å²) in [5.41, 5.74) is 0.750. The second kappa shape index (κ2) is 7.66. The number of aromatic nitrogens is 1. The molecule has 1 aromatic carbocycles. The summed E-state index contributed by atoms with van der Waals surface area (Å²) in [5, 5.41) is 12.9. The van der Waals surface area contributed by atoms with E-state index in [1.807, 2.05) is 36.0 Å². The SMILES string of the molecule is COc1ccc([C@@H](O)CNC(=O)C[C@@H](C)n2cccc2)cc1. The molecule has 0 aliphatic heterocycles. The van der Waals surface area contributed by atoms with Gasteiger partial charge in [0.25, 0.3) is 0 Å².